The highest BCUT2D eigenvalue weighted by atomic mass is 16.5. The first kappa shape index (κ1) is 28.2. The number of carbonyl (C=O) groups is 2. The molecule has 1 saturated heterocycles. The van der Waals surface area contributed by atoms with Crippen molar-refractivity contribution in [1.82, 2.24) is 0 Å². The average molecular weight is 467 g/mol. The van der Waals surface area contributed by atoms with Gasteiger partial charge in [-0.1, -0.05) is 96.9 Å². The van der Waals surface area contributed by atoms with E-state index in [0.717, 1.165) is 57.3 Å². The quantitative estimate of drug-likeness (QED) is 0.223. The molecule has 1 heterocycles. The van der Waals surface area contributed by atoms with E-state index in [1.54, 1.807) is 6.08 Å². The molecule has 1 aliphatic rings. The first-order valence-electron chi connectivity index (χ1n) is 13.1. The highest BCUT2D eigenvalue weighted by molar-refractivity contribution is 5.99. The summed E-state index contributed by atoms with van der Waals surface area (Å²) in [7, 11) is 0. The molecule has 0 amide bonds. The Labute approximate surface area is 208 Å². The van der Waals surface area contributed by atoms with Crippen LogP contribution in [0.15, 0.2) is 42.5 Å². The summed E-state index contributed by atoms with van der Waals surface area (Å²) < 4.78 is 5.47. The van der Waals surface area contributed by atoms with Gasteiger partial charge in [-0.3, -0.25) is 9.59 Å². The van der Waals surface area contributed by atoms with Gasteiger partial charge in [0.05, 0.1) is 0 Å². The van der Waals surface area contributed by atoms with E-state index in [-0.39, 0.29) is 34.7 Å². The van der Waals surface area contributed by atoms with Gasteiger partial charge in [0.1, 0.15) is 5.78 Å². The predicted molar refractivity (Wildman–Crippen MR) is 143 cm³/mol. The van der Waals surface area contributed by atoms with Crippen molar-refractivity contribution in [2.45, 2.75) is 80.1 Å². The molecule has 0 bridgehead atoms. The van der Waals surface area contributed by atoms with E-state index in [0.29, 0.717) is 5.92 Å². The van der Waals surface area contributed by atoms with Gasteiger partial charge in [0.15, 0.2) is 5.78 Å². The maximum atomic E-state index is 13.2. The third-order valence-corrected chi connectivity index (χ3v) is 7.49. The molecule has 1 aromatic carbocycles. The molecule has 3 heteroatoms. The molecule has 0 aromatic heterocycles. The van der Waals surface area contributed by atoms with E-state index in [1.807, 2.05) is 19.9 Å². The molecule has 1 aromatic rings. The molecular formula is C31H46O3. The first-order valence-corrected chi connectivity index (χ1v) is 13.1. The lowest BCUT2D eigenvalue weighted by atomic mass is 9.72. The van der Waals surface area contributed by atoms with Crippen LogP contribution >= 0.6 is 0 Å². The van der Waals surface area contributed by atoms with Crippen molar-refractivity contribution in [1.29, 1.82) is 0 Å². The Hall–Kier alpha value is -2.00. The van der Waals surface area contributed by atoms with E-state index in [9.17, 15) is 9.59 Å². The Morgan fingerprint density at radius 2 is 1.85 bits per heavy atom. The van der Waals surface area contributed by atoms with Crippen LogP contribution in [0.2, 0.25) is 0 Å². The molecule has 0 N–H and O–H groups in total. The number of unbranched alkanes of at least 4 members (excludes halogenated alkanes) is 1. The maximum Gasteiger partial charge on any atom is 0.159 e. The molecule has 0 aliphatic carbocycles. The van der Waals surface area contributed by atoms with Crippen molar-refractivity contribution in [2.75, 3.05) is 13.2 Å². The molecule has 34 heavy (non-hydrogen) atoms. The normalized spacial score (nSPS) is 19.2. The van der Waals surface area contributed by atoms with Gasteiger partial charge < -0.3 is 4.74 Å². The lowest BCUT2D eigenvalue weighted by Gasteiger charge is -2.30. The van der Waals surface area contributed by atoms with Crippen molar-refractivity contribution in [3.8, 4) is 0 Å². The number of ketones is 2. The topological polar surface area (TPSA) is 43.4 Å². The van der Waals surface area contributed by atoms with Crippen LogP contribution in [-0.4, -0.2) is 24.8 Å². The van der Waals surface area contributed by atoms with Crippen LogP contribution < -0.4 is 0 Å². The van der Waals surface area contributed by atoms with Crippen LogP contribution in [0.3, 0.4) is 0 Å². The minimum atomic E-state index is -0.267. The molecule has 4 unspecified atom stereocenters. The van der Waals surface area contributed by atoms with Gasteiger partial charge in [0.2, 0.25) is 0 Å². The van der Waals surface area contributed by atoms with E-state index < -0.39 is 0 Å². The Bertz CT molecular complexity index is 834. The van der Waals surface area contributed by atoms with Crippen LogP contribution in [0.1, 0.15) is 84.8 Å². The van der Waals surface area contributed by atoms with Gasteiger partial charge >= 0.3 is 0 Å². The third-order valence-electron chi connectivity index (χ3n) is 7.49. The number of hydrogen-bond acceptors (Lipinski definition) is 3. The third kappa shape index (κ3) is 8.65. The minimum absolute atomic E-state index is 0.0617. The average Bonchev–Trinajstić information content (AvgIpc) is 3.29. The molecule has 4 atom stereocenters. The molecule has 0 spiro atoms. The fourth-order valence-corrected chi connectivity index (χ4v) is 4.64. The molecule has 2 rings (SSSR count). The summed E-state index contributed by atoms with van der Waals surface area (Å²) in [5.41, 5.74) is 3.39. The molecule has 0 saturated carbocycles. The number of rotatable bonds is 13. The summed E-state index contributed by atoms with van der Waals surface area (Å²) in [6.07, 6.45) is 9.34. The van der Waals surface area contributed by atoms with Crippen LogP contribution in [0.25, 0.3) is 6.08 Å². The SMILES string of the molecule is C=C(Cc1ccc(C=CC(=O)C(CCCC)C(C)C(=O)C(C)C(C)(C)C)cc1)CC1CCOC1. The zero-order valence-corrected chi connectivity index (χ0v) is 22.4. The first-order chi connectivity index (χ1) is 16.0. The molecule has 1 aliphatic heterocycles. The van der Waals surface area contributed by atoms with Crippen LogP contribution in [0.5, 0.6) is 0 Å². The second kappa shape index (κ2) is 13.2. The lowest BCUT2D eigenvalue weighted by molar-refractivity contribution is -0.134. The molecule has 1 fully saturated rings. The van der Waals surface area contributed by atoms with Gasteiger partial charge in [-0.15, -0.1) is 0 Å². The fourth-order valence-electron chi connectivity index (χ4n) is 4.64. The maximum absolute atomic E-state index is 13.2. The predicted octanol–water partition coefficient (Wildman–Crippen LogP) is 7.49. The lowest BCUT2D eigenvalue weighted by Crippen LogP contribution is -2.35. The Morgan fingerprint density at radius 3 is 2.41 bits per heavy atom. The largest absolute Gasteiger partial charge is 0.381 e. The number of carbonyl (C=O) groups excluding carboxylic acids is 2. The van der Waals surface area contributed by atoms with Crippen molar-refractivity contribution in [3.63, 3.8) is 0 Å². The van der Waals surface area contributed by atoms with E-state index in [1.165, 1.54) is 11.1 Å². The minimum Gasteiger partial charge on any atom is -0.381 e. The summed E-state index contributed by atoms with van der Waals surface area (Å²) in [4.78, 5) is 26.3. The standard InChI is InChI=1S/C31H46O3/c1-8-9-10-28(23(3)30(33)24(4)31(5,6)7)29(32)16-15-25-11-13-26(14-12-25)19-22(2)20-27-17-18-34-21-27/h11-16,23-24,27-28H,2,8-10,17-21H2,1,3-7H3. The fraction of sp³-hybridized carbons (Fsp3) is 0.613. The van der Waals surface area contributed by atoms with Crippen molar-refractivity contribution in [2.24, 2.45) is 29.1 Å². The second-order valence-electron chi connectivity index (χ2n) is 11.4. The summed E-state index contributed by atoms with van der Waals surface area (Å²) in [5.74, 6) is 0.275. The van der Waals surface area contributed by atoms with Gasteiger partial charge in [-0.25, -0.2) is 0 Å². The smallest absolute Gasteiger partial charge is 0.159 e. The zero-order chi connectivity index (χ0) is 25.3. The van der Waals surface area contributed by atoms with Crippen molar-refractivity contribution in [3.05, 3.63) is 53.6 Å². The van der Waals surface area contributed by atoms with Gasteiger partial charge in [-0.2, -0.15) is 0 Å². The van der Waals surface area contributed by atoms with Crippen molar-refractivity contribution < 1.29 is 14.3 Å². The van der Waals surface area contributed by atoms with Crippen LogP contribution in [-0.2, 0) is 20.7 Å². The Kier molecular flexibility index (Phi) is 11.0. The molecular weight excluding hydrogens is 420 g/mol. The Balaban J connectivity index is 2.00. The highest BCUT2D eigenvalue weighted by Crippen LogP contribution is 2.32. The number of Topliss-reactive ketones (excluding diaryl/α,β-unsaturated/α-hetero) is 1. The van der Waals surface area contributed by atoms with Gasteiger partial charge in [0, 0.05) is 31.0 Å². The number of ether oxygens (including phenoxy) is 1. The van der Waals surface area contributed by atoms with Crippen molar-refractivity contribution >= 4 is 17.6 Å². The second-order valence-corrected chi connectivity index (χ2v) is 11.4. The number of benzene rings is 1. The van der Waals surface area contributed by atoms with E-state index in [2.05, 4.69) is 58.5 Å². The zero-order valence-electron chi connectivity index (χ0n) is 22.4. The summed E-state index contributed by atoms with van der Waals surface area (Å²) in [6, 6.07) is 8.35. The summed E-state index contributed by atoms with van der Waals surface area (Å²) in [6.45, 7) is 18.3. The van der Waals surface area contributed by atoms with Crippen LogP contribution in [0.4, 0.5) is 0 Å². The van der Waals surface area contributed by atoms with Crippen LogP contribution in [0, 0.1) is 29.1 Å². The number of allylic oxidation sites excluding steroid dienone is 2. The summed E-state index contributed by atoms with van der Waals surface area (Å²) >= 11 is 0. The Morgan fingerprint density at radius 1 is 1.18 bits per heavy atom. The van der Waals surface area contributed by atoms with Gasteiger partial charge in [-0.05, 0) is 54.2 Å². The highest BCUT2D eigenvalue weighted by Gasteiger charge is 2.35. The molecule has 188 valence electrons. The van der Waals surface area contributed by atoms with E-state index >= 15 is 0 Å². The monoisotopic (exact) mass is 466 g/mol. The summed E-state index contributed by atoms with van der Waals surface area (Å²) in [5, 5.41) is 0. The van der Waals surface area contributed by atoms with E-state index in [4.69, 9.17) is 4.74 Å². The molecule has 0 radical (unpaired) electrons. The molecule has 3 nitrogen and oxygen atoms in total. The number of hydrogen-bond donors (Lipinski definition) is 0. The van der Waals surface area contributed by atoms with Gasteiger partial charge in [0.25, 0.3) is 0 Å².